The summed E-state index contributed by atoms with van der Waals surface area (Å²) in [6, 6.07) is 6.95. The second kappa shape index (κ2) is 8.49. The smallest absolute Gasteiger partial charge is 0.257 e. The second-order valence-corrected chi connectivity index (χ2v) is 6.17. The van der Waals surface area contributed by atoms with Crippen LogP contribution in [0, 0.1) is 0 Å². The zero-order chi connectivity index (χ0) is 14.8. The van der Waals surface area contributed by atoms with Gasteiger partial charge in [0.15, 0.2) is 5.13 Å². The number of thiazole rings is 1. The first-order valence-corrected chi connectivity index (χ1v) is 7.85. The van der Waals surface area contributed by atoms with Gasteiger partial charge in [-0.3, -0.25) is 15.0 Å². The number of halogens is 2. The quantitative estimate of drug-likeness (QED) is 0.809. The largest absolute Gasteiger partial charge is 0.399 e. The third-order valence-electron chi connectivity index (χ3n) is 3.63. The molecule has 1 aliphatic heterocycles. The number of hydrogen-bond donors (Lipinski definition) is 2. The Labute approximate surface area is 152 Å². The van der Waals surface area contributed by atoms with Crippen molar-refractivity contribution in [1.82, 2.24) is 9.88 Å². The van der Waals surface area contributed by atoms with E-state index in [2.05, 4.69) is 22.1 Å². The molecule has 0 saturated heterocycles. The van der Waals surface area contributed by atoms with E-state index in [9.17, 15) is 4.79 Å². The highest BCUT2D eigenvalue weighted by molar-refractivity contribution is 7.15. The van der Waals surface area contributed by atoms with Crippen molar-refractivity contribution in [3.05, 3.63) is 40.4 Å². The predicted octanol–water partition coefficient (Wildman–Crippen LogP) is 3.20. The van der Waals surface area contributed by atoms with Gasteiger partial charge in [-0.1, -0.05) is 13.0 Å². The highest BCUT2D eigenvalue weighted by Crippen LogP contribution is 2.28. The lowest BCUT2D eigenvalue weighted by molar-refractivity contribution is 0.102. The molecular weight excluding hydrogens is 355 g/mol. The van der Waals surface area contributed by atoms with Crippen LogP contribution in [0.3, 0.4) is 0 Å². The Bertz CT molecular complexity index is 677. The van der Waals surface area contributed by atoms with E-state index < -0.39 is 0 Å². The number of anilines is 2. The lowest BCUT2D eigenvalue weighted by atomic mass is 10.2. The summed E-state index contributed by atoms with van der Waals surface area (Å²) in [6.45, 7) is 5.17. The zero-order valence-corrected chi connectivity index (χ0v) is 15.2. The van der Waals surface area contributed by atoms with Crippen molar-refractivity contribution in [1.29, 1.82) is 0 Å². The van der Waals surface area contributed by atoms with Crippen molar-refractivity contribution in [2.45, 2.75) is 19.9 Å². The summed E-state index contributed by atoms with van der Waals surface area (Å²) in [6.07, 6.45) is 0.952. The number of carbonyl (C=O) groups excluding carboxylic acids is 1. The van der Waals surface area contributed by atoms with Gasteiger partial charge in [0.2, 0.25) is 0 Å². The molecule has 0 unspecified atom stereocenters. The van der Waals surface area contributed by atoms with Crippen molar-refractivity contribution in [2.75, 3.05) is 24.1 Å². The first-order chi connectivity index (χ1) is 10.2. The highest BCUT2D eigenvalue weighted by atomic mass is 35.5. The average molecular weight is 375 g/mol. The van der Waals surface area contributed by atoms with Gasteiger partial charge in [0.25, 0.3) is 5.91 Å². The van der Waals surface area contributed by atoms with Gasteiger partial charge in [-0.25, -0.2) is 4.98 Å². The zero-order valence-electron chi connectivity index (χ0n) is 12.7. The maximum absolute atomic E-state index is 12.2. The van der Waals surface area contributed by atoms with Crippen LogP contribution in [0.2, 0.25) is 0 Å². The van der Waals surface area contributed by atoms with E-state index >= 15 is 0 Å². The Morgan fingerprint density at radius 1 is 1.43 bits per heavy atom. The number of aromatic nitrogens is 1. The molecule has 1 aliphatic rings. The molecule has 1 aromatic carbocycles. The third kappa shape index (κ3) is 4.57. The van der Waals surface area contributed by atoms with Gasteiger partial charge in [-0.2, -0.15) is 0 Å². The Morgan fingerprint density at radius 2 is 2.22 bits per heavy atom. The standard InChI is InChI=1S/C15H18N4OS.2ClH/c1-2-19-7-6-12-13(9-19)21-15(17-12)18-14(20)10-4-3-5-11(16)8-10;;/h3-5,8H,2,6-7,9,16H2,1H3,(H,17,18,20);2*1H. The molecule has 2 heterocycles. The molecule has 3 N–H and O–H groups in total. The van der Waals surface area contributed by atoms with Crippen LogP contribution >= 0.6 is 36.2 Å². The van der Waals surface area contributed by atoms with Crippen molar-refractivity contribution in [3.63, 3.8) is 0 Å². The fourth-order valence-electron chi connectivity index (χ4n) is 2.42. The number of amides is 1. The van der Waals surface area contributed by atoms with Crippen LogP contribution in [0.4, 0.5) is 10.8 Å². The lowest BCUT2D eigenvalue weighted by Gasteiger charge is -2.23. The van der Waals surface area contributed by atoms with E-state index in [1.165, 1.54) is 4.88 Å². The van der Waals surface area contributed by atoms with Crippen molar-refractivity contribution in [2.24, 2.45) is 0 Å². The minimum atomic E-state index is -0.166. The Hall–Kier alpha value is -1.34. The van der Waals surface area contributed by atoms with Gasteiger partial charge in [0, 0.05) is 35.6 Å². The number of carbonyl (C=O) groups is 1. The fourth-order valence-corrected chi connectivity index (χ4v) is 3.47. The van der Waals surface area contributed by atoms with Gasteiger partial charge >= 0.3 is 0 Å². The normalized spacial score (nSPS) is 13.4. The molecule has 0 aliphatic carbocycles. The molecule has 2 aromatic rings. The molecule has 0 fully saturated rings. The summed E-state index contributed by atoms with van der Waals surface area (Å²) in [4.78, 5) is 20.4. The Morgan fingerprint density at radius 3 is 2.91 bits per heavy atom. The summed E-state index contributed by atoms with van der Waals surface area (Å²) >= 11 is 1.57. The van der Waals surface area contributed by atoms with Crippen LogP contribution in [0.1, 0.15) is 27.9 Å². The maximum atomic E-state index is 12.2. The number of likely N-dealkylation sites (N-methyl/N-ethyl adjacent to an activating group) is 1. The summed E-state index contributed by atoms with van der Waals surface area (Å²) in [7, 11) is 0. The van der Waals surface area contributed by atoms with Crippen LogP contribution in [-0.4, -0.2) is 28.9 Å². The Balaban J connectivity index is 0.00000132. The van der Waals surface area contributed by atoms with E-state index in [1.54, 1.807) is 35.6 Å². The summed E-state index contributed by atoms with van der Waals surface area (Å²) in [5, 5.41) is 3.54. The molecule has 126 valence electrons. The van der Waals surface area contributed by atoms with Gasteiger partial charge in [-0.05, 0) is 24.7 Å². The number of nitrogens with one attached hydrogen (secondary N) is 1. The minimum absolute atomic E-state index is 0. The van der Waals surface area contributed by atoms with Crippen LogP contribution in [0.5, 0.6) is 0 Å². The number of nitrogens with zero attached hydrogens (tertiary/aromatic N) is 2. The molecule has 1 aromatic heterocycles. The van der Waals surface area contributed by atoms with E-state index in [0.29, 0.717) is 16.4 Å². The number of nitrogens with two attached hydrogens (primary N) is 1. The minimum Gasteiger partial charge on any atom is -0.399 e. The van der Waals surface area contributed by atoms with Gasteiger partial charge in [0.05, 0.1) is 5.69 Å². The number of hydrogen-bond acceptors (Lipinski definition) is 5. The molecule has 23 heavy (non-hydrogen) atoms. The molecule has 1 amide bonds. The van der Waals surface area contributed by atoms with Crippen molar-refractivity contribution < 1.29 is 4.79 Å². The Kier molecular flexibility index (Phi) is 7.28. The van der Waals surface area contributed by atoms with Gasteiger partial charge in [0.1, 0.15) is 0 Å². The van der Waals surface area contributed by atoms with Crippen molar-refractivity contribution >= 4 is 52.9 Å². The number of fused-ring (bicyclic) bond motifs is 1. The van der Waals surface area contributed by atoms with E-state index in [1.807, 2.05) is 0 Å². The van der Waals surface area contributed by atoms with E-state index in [0.717, 1.165) is 31.7 Å². The maximum Gasteiger partial charge on any atom is 0.257 e. The molecule has 0 spiro atoms. The predicted molar refractivity (Wildman–Crippen MR) is 100 cm³/mol. The summed E-state index contributed by atoms with van der Waals surface area (Å²) < 4.78 is 0. The molecule has 0 atom stereocenters. The monoisotopic (exact) mass is 374 g/mol. The molecule has 3 rings (SSSR count). The van der Waals surface area contributed by atoms with E-state index in [-0.39, 0.29) is 30.7 Å². The molecule has 0 saturated carbocycles. The molecule has 0 bridgehead atoms. The van der Waals surface area contributed by atoms with Gasteiger partial charge in [-0.15, -0.1) is 36.2 Å². The SMILES string of the molecule is CCN1CCc2nc(NC(=O)c3cccc(N)c3)sc2C1.Cl.Cl. The summed E-state index contributed by atoms with van der Waals surface area (Å²) in [5.74, 6) is -0.166. The fraction of sp³-hybridized carbons (Fsp3) is 0.333. The number of benzene rings is 1. The average Bonchev–Trinajstić information content (AvgIpc) is 2.88. The molecule has 8 heteroatoms. The lowest BCUT2D eigenvalue weighted by Crippen LogP contribution is -2.29. The summed E-state index contributed by atoms with van der Waals surface area (Å²) in [5.41, 5.74) is 7.96. The van der Waals surface area contributed by atoms with Crippen LogP contribution in [0.25, 0.3) is 0 Å². The van der Waals surface area contributed by atoms with Crippen LogP contribution < -0.4 is 11.1 Å². The molecule has 0 radical (unpaired) electrons. The third-order valence-corrected chi connectivity index (χ3v) is 4.62. The van der Waals surface area contributed by atoms with Crippen LogP contribution in [-0.2, 0) is 13.0 Å². The first kappa shape index (κ1) is 19.7. The molecular formula is C15H20Cl2N4OS. The van der Waals surface area contributed by atoms with E-state index in [4.69, 9.17) is 5.73 Å². The molecule has 5 nitrogen and oxygen atoms in total. The first-order valence-electron chi connectivity index (χ1n) is 7.03. The number of rotatable bonds is 3. The van der Waals surface area contributed by atoms with Gasteiger partial charge < -0.3 is 5.73 Å². The van der Waals surface area contributed by atoms with Crippen LogP contribution in [0.15, 0.2) is 24.3 Å². The highest BCUT2D eigenvalue weighted by Gasteiger charge is 2.20. The number of nitrogen functional groups attached to an aromatic ring is 1. The second-order valence-electron chi connectivity index (χ2n) is 5.09. The topological polar surface area (TPSA) is 71.2 Å². The van der Waals surface area contributed by atoms with Crippen molar-refractivity contribution in [3.8, 4) is 0 Å².